The van der Waals surface area contributed by atoms with Gasteiger partial charge < -0.3 is 9.72 Å². The van der Waals surface area contributed by atoms with E-state index in [4.69, 9.17) is 4.74 Å². The highest BCUT2D eigenvalue weighted by Crippen LogP contribution is 2.22. The van der Waals surface area contributed by atoms with Gasteiger partial charge in [-0.25, -0.2) is 0 Å². The van der Waals surface area contributed by atoms with Crippen LogP contribution in [0.25, 0.3) is 0 Å². The molecule has 2 aromatic rings. The molecule has 23 heavy (non-hydrogen) atoms. The molecule has 1 N–H and O–H groups in total. The fraction of sp³-hybridized carbons (Fsp3) is 0.333. The SMILES string of the molecule is CCc1c(C(=O)COc2ccc(SC)cc2)[nH]c(C)c1C(C)=O. The number of H-pyrrole nitrogens is 1. The van der Waals surface area contributed by atoms with Crippen molar-refractivity contribution in [3.8, 4) is 5.75 Å². The van der Waals surface area contributed by atoms with Crippen LogP contribution < -0.4 is 4.74 Å². The van der Waals surface area contributed by atoms with Crippen LogP contribution in [-0.4, -0.2) is 29.4 Å². The molecule has 0 saturated carbocycles. The first-order valence-electron chi connectivity index (χ1n) is 7.50. The molecule has 0 radical (unpaired) electrons. The predicted molar refractivity (Wildman–Crippen MR) is 93.0 cm³/mol. The van der Waals surface area contributed by atoms with Gasteiger partial charge in [-0.15, -0.1) is 11.8 Å². The molecular weight excluding hydrogens is 310 g/mol. The lowest BCUT2D eigenvalue weighted by molar-refractivity contribution is 0.0916. The van der Waals surface area contributed by atoms with Gasteiger partial charge in [-0.1, -0.05) is 6.92 Å². The highest BCUT2D eigenvalue weighted by atomic mass is 32.2. The van der Waals surface area contributed by atoms with Crippen LogP contribution in [0.4, 0.5) is 0 Å². The van der Waals surface area contributed by atoms with Gasteiger partial charge in [-0.3, -0.25) is 9.59 Å². The van der Waals surface area contributed by atoms with Gasteiger partial charge in [0.1, 0.15) is 5.75 Å². The number of hydrogen-bond acceptors (Lipinski definition) is 4. The number of carbonyl (C=O) groups is 2. The van der Waals surface area contributed by atoms with Crippen LogP contribution in [-0.2, 0) is 6.42 Å². The van der Waals surface area contributed by atoms with Gasteiger partial charge in [0.05, 0.1) is 5.69 Å². The first-order chi connectivity index (χ1) is 11.0. The van der Waals surface area contributed by atoms with Gasteiger partial charge in [0, 0.05) is 16.2 Å². The van der Waals surface area contributed by atoms with Gasteiger partial charge in [-0.2, -0.15) is 0 Å². The molecule has 1 aromatic heterocycles. The minimum Gasteiger partial charge on any atom is -0.485 e. The van der Waals surface area contributed by atoms with E-state index >= 15 is 0 Å². The normalized spacial score (nSPS) is 10.6. The zero-order valence-electron chi connectivity index (χ0n) is 13.9. The monoisotopic (exact) mass is 331 g/mol. The van der Waals surface area contributed by atoms with E-state index < -0.39 is 0 Å². The summed E-state index contributed by atoms with van der Waals surface area (Å²) in [6.07, 6.45) is 2.63. The predicted octanol–water partition coefficient (Wildman–Crippen LogP) is 4.07. The average Bonchev–Trinajstić information content (AvgIpc) is 2.89. The van der Waals surface area contributed by atoms with Crippen molar-refractivity contribution in [3.05, 3.63) is 46.8 Å². The number of nitrogens with one attached hydrogen (secondary N) is 1. The van der Waals surface area contributed by atoms with Crippen LogP contribution >= 0.6 is 11.8 Å². The van der Waals surface area contributed by atoms with Crippen molar-refractivity contribution in [2.45, 2.75) is 32.1 Å². The Hall–Kier alpha value is -2.01. The van der Waals surface area contributed by atoms with Crippen LogP contribution in [0.1, 0.15) is 46.0 Å². The summed E-state index contributed by atoms with van der Waals surface area (Å²) in [6.45, 7) is 5.22. The van der Waals surface area contributed by atoms with E-state index in [0.29, 0.717) is 23.4 Å². The Kier molecular flexibility index (Phi) is 5.66. The van der Waals surface area contributed by atoms with Gasteiger partial charge >= 0.3 is 0 Å². The summed E-state index contributed by atoms with van der Waals surface area (Å²) in [5, 5.41) is 0. The first-order valence-corrected chi connectivity index (χ1v) is 8.72. The second kappa shape index (κ2) is 7.51. The summed E-state index contributed by atoms with van der Waals surface area (Å²) in [5.74, 6) is 0.485. The molecule has 122 valence electrons. The van der Waals surface area contributed by atoms with Gasteiger partial charge in [0.2, 0.25) is 5.78 Å². The summed E-state index contributed by atoms with van der Waals surface area (Å²) >= 11 is 1.65. The van der Waals surface area contributed by atoms with Crippen molar-refractivity contribution < 1.29 is 14.3 Å². The third-order valence-corrected chi connectivity index (χ3v) is 4.45. The van der Waals surface area contributed by atoms with Crippen LogP contribution in [0.2, 0.25) is 0 Å². The second-order valence-electron chi connectivity index (χ2n) is 5.28. The number of aromatic nitrogens is 1. The van der Waals surface area contributed by atoms with Crippen molar-refractivity contribution in [1.29, 1.82) is 0 Å². The van der Waals surface area contributed by atoms with E-state index in [1.807, 2.05) is 44.4 Å². The summed E-state index contributed by atoms with van der Waals surface area (Å²) in [4.78, 5) is 28.4. The molecule has 1 heterocycles. The largest absolute Gasteiger partial charge is 0.485 e. The topological polar surface area (TPSA) is 59.2 Å². The van der Waals surface area contributed by atoms with Crippen LogP contribution in [0.5, 0.6) is 5.75 Å². The van der Waals surface area contributed by atoms with E-state index in [1.165, 1.54) is 6.92 Å². The molecule has 0 spiro atoms. The number of ether oxygens (including phenoxy) is 1. The van der Waals surface area contributed by atoms with E-state index in [0.717, 1.165) is 16.2 Å². The number of Topliss-reactive ketones (excluding diaryl/α,β-unsaturated/α-hetero) is 2. The van der Waals surface area contributed by atoms with E-state index in [1.54, 1.807) is 11.8 Å². The van der Waals surface area contributed by atoms with E-state index in [-0.39, 0.29) is 18.2 Å². The summed E-state index contributed by atoms with van der Waals surface area (Å²) in [5.41, 5.74) is 2.62. The Balaban J connectivity index is 2.14. The van der Waals surface area contributed by atoms with Crippen molar-refractivity contribution in [1.82, 2.24) is 4.98 Å². The molecule has 0 aliphatic carbocycles. The Morgan fingerprint density at radius 1 is 1.22 bits per heavy atom. The number of benzene rings is 1. The molecule has 1 aromatic carbocycles. The number of thioether (sulfide) groups is 1. The Labute approximate surface area is 140 Å². The molecule has 0 aliphatic rings. The van der Waals surface area contributed by atoms with Crippen molar-refractivity contribution in [2.75, 3.05) is 12.9 Å². The molecule has 0 aliphatic heterocycles. The number of carbonyl (C=O) groups excluding carboxylic acids is 2. The maximum atomic E-state index is 12.4. The maximum Gasteiger partial charge on any atom is 0.216 e. The minimum atomic E-state index is -0.147. The number of rotatable bonds is 7. The van der Waals surface area contributed by atoms with Crippen LogP contribution in [0, 0.1) is 6.92 Å². The lowest BCUT2D eigenvalue weighted by atomic mass is 10.0. The second-order valence-corrected chi connectivity index (χ2v) is 6.16. The van der Waals surface area contributed by atoms with E-state index in [9.17, 15) is 9.59 Å². The smallest absolute Gasteiger partial charge is 0.216 e. The summed E-state index contributed by atoms with van der Waals surface area (Å²) < 4.78 is 5.57. The molecule has 0 bridgehead atoms. The summed E-state index contributed by atoms with van der Waals surface area (Å²) in [6, 6.07) is 7.60. The molecule has 4 nitrogen and oxygen atoms in total. The van der Waals surface area contributed by atoms with Gasteiger partial charge in [0.25, 0.3) is 0 Å². The van der Waals surface area contributed by atoms with E-state index in [2.05, 4.69) is 4.98 Å². The zero-order valence-corrected chi connectivity index (χ0v) is 14.7. The standard InChI is InChI=1S/C18H21NO3S/c1-5-15-17(12(3)20)11(2)19-18(15)16(21)10-22-13-6-8-14(23-4)9-7-13/h6-9,19H,5,10H2,1-4H3. The lowest BCUT2D eigenvalue weighted by Crippen LogP contribution is -2.14. The number of aryl methyl sites for hydroxylation is 1. The lowest BCUT2D eigenvalue weighted by Gasteiger charge is -2.07. The third-order valence-electron chi connectivity index (χ3n) is 3.70. The van der Waals surface area contributed by atoms with Gasteiger partial charge in [0.15, 0.2) is 12.4 Å². The average molecular weight is 331 g/mol. The van der Waals surface area contributed by atoms with Crippen molar-refractivity contribution >= 4 is 23.3 Å². The fourth-order valence-electron chi connectivity index (χ4n) is 2.64. The molecule has 2 rings (SSSR count). The quantitative estimate of drug-likeness (QED) is 0.614. The number of ketones is 2. The minimum absolute atomic E-state index is 0.0248. The first kappa shape index (κ1) is 17.3. The fourth-order valence-corrected chi connectivity index (χ4v) is 3.05. The molecule has 0 amide bonds. The molecule has 5 heteroatoms. The third kappa shape index (κ3) is 3.85. The molecule has 0 fully saturated rings. The van der Waals surface area contributed by atoms with Crippen molar-refractivity contribution in [3.63, 3.8) is 0 Å². The number of aromatic amines is 1. The molecule has 0 atom stereocenters. The number of hydrogen-bond donors (Lipinski definition) is 1. The van der Waals surface area contributed by atoms with Crippen LogP contribution in [0.3, 0.4) is 0 Å². The summed E-state index contributed by atoms with van der Waals surface area (Å²) in [7, 11) is 0. The highest BCUT2D eigenvalue weighted by Gasteiger charge is 2.21. The molecular formula is C18H21NO3S. The molecule has 0 saturated heterocycles. The van der Waals surface area contributed by atoms with Crippen LogP contribution in [0.15, 0.2) is 29.2 Å². The Morgan fingerprint density at radius 3 is 2.39 bits per heavy atom. The maximum absolute atomic E-state index is 12.4. The highest BCUT2D eigenvalue weighted by molar-refractivity contribution is 7.98. The van der Waals surface area contributed by atoms with Gasteiger partial charge in [-0.05, 0) is 56.4 Å². The Morgan fingerprint density at radius 2 is 1.87 bits per heavy atom. The zero-order chi connectivity index (χ0) is 17.0. The van der Waals surface area contributed by atoms with Crippen molar-refractivity contribution in [2.24, 2.45) is 0 Å². The Bertz CT molecular complexity index is 717. The molecule has 0 unspecified atom stereocenters.